The summed E-state index contributed by atoms with van der Waals surface area (Å²) in [5.41, 5.74) is 4.86. The molecule has 0 saturated carbocycles. The number of hydrogen-bond acceptors (Lipinski definition) is 2. The minimum atomic E-state index is -4.47. The fourth-order valence-electron chi connectivity index (χ4n) is 0.931. The number of aromatic nitrogens is 1. The third kappa shape index (κ3) is 2.36. The average molecular weight is 225 g/mol. The fraction of sp³-hybridized carbons (Fsp3) is 0.375. The van der Waals surface area contributed by atoms with Crippen LogP contribution in [0.25, 0.3) is 0 Å². The highest BCUT2D eigenvalue weighted by Crippen LogP contribution is 2.31. The van der Waals surface area contributed by atoms with Crippen molar-refractivity contribution in [1.82, 2.24) is 4.98 Å². The molecule has 1 heterocycles. The molecule has 1 aromatic rings. The molecule has 0 aromatic carbocycles. The van der Waals surface area contributed by atoms with E-state index < -0.39 is 17.9 Å². The van der Waals surface area contributed by atoms with Crippen LogP contribution in [0.5, 0.6) is 0 Å². The van der Waals surface area contributed by atoms with E-state index in [1.807, 2.05) is 0 Å². The summed E-state index contributed by atoms with van der Waals surface area (Å²) in [5, 5.41) is -0.0117. The molecular weight excluding hydrogens is 217 g/mol. The quantitative estimate of drug-likeness (QED) is 0.797. The number of halogens is 4. The van der Waals surface area contributed by atoms with Crippen molar-refractivity contribution >= 4 is 11.6 Å². The number of rotatable bonds is 1. The van der Waals surface area contributed by atoms with Gasteiger partial charge in [-0.1, -0.05) is 11.6 Å². The first-order valence-corrected chi connectivity index (χ1v) is 4.18. The Balaban J connectivity index is 3.13. The van der Waals surface area contributed by atoms with Crippen molar-refractivity contribution in [3.05, 3.63) is 28.5 Å². The lowest BCUT2D eigenvalue weighted by Crippen LogP contribution is -2.11. The van der Waals surface area contributed by atoms with Crippen molar-refractivity contribution in [2.75, 3.05) is 0 Å². The summed E-state index contributed by atoms with van der Waals surface area (Å²) in [6, 6.07) is 0.345. The molecule has 0 saturated heterocycles. The molecule has 0 amide bonds. The largest absolute Gasteiger partial charge is 0.433 e. The van der Waals surface area contributed by atoms with Crippen LogP contribution in [0.3, 0.4) is 0 Å². The third-order valence-corrected chi connectivity index (χ3v) is 1.99. The van der Waals surface area contributed by atoms with Crippen LogP contribution in [-0.4, -0.2) is 4.98 Å². The van der Waals surface area contributed by atoms with Gasteiger partial charge in [-0.15, -0.1) is 0 Å². The van der Waals surface area contributed by atoms with Crippen LogP contribution < -0.4 is 5.73 Å². The Bertz CT molecular complexity index is 336. The lowest BCUT2D eigenvalue weighted by atomic mass is 10.1. The molecule has 2 N–H and O–H groups in total. The molecule has 0 fully saturated rings. The van der Waals surface area contributed by atoms with Gasteiger partial charge in [-0.2, -0.15) is 13.2 Å². The first-order valence-electron chi connectivity index (χ1n) is 3.80. The summed E-state index contributed by atoms with van der Waals surface area (Å²) in [6.07, 6.45) is -3.42. The molecule has 0 aliphatic rings. The Kier molecular flexibility index (Phi) is 3.01. The van der Waals surface area contributed by atoms with Crippen molar-refractivity contribution in [3.63, 3.8) is 0 Å². The number of nitrogens with zero attached hydrogens (tertiary/aromatic N) is 1. The molecule has 1 aromatic heterocycles. The Hall–Kier alpha value is -0.810. The topological polar surface area (TPSA) is 38.9 Å². The zero-order valence-corrected chi connectivity index (χ0v) is 8.02. The molecule has 2 nitrogen and oxygen atoms in total. The van der Waals surface area contributed by atoms with Crippen LogP contribution in [0.1, 0.15) is 24.2 Å². The van der Waals surface area contributed by atoms with E-state index >= 15 is 0 Å². The molecule has 1 atom stereocenters. The van der Waals surface area contributed by atoms with E-state index in [1.54, 1.807) is 6.92 Å². The molecule has 14 heavy (non-hydrogen) atoms. The summed E-state index contributed by atoms with van der Waals surface area (Å²) < 4.78 is 36.4. The summed E-state index contributed by atoms with van der Waals surface area (Å²) in [6.45, 7) is 1.62. The summed E-state index contributed by atoms with van der Waals surface area (Å²) >= 11 is 5.61. The van der Waals surface area contributed by atoms with Crippen LogP contribution in [0.15, 0.2) is 12.3 Å². The van der Waals surface area contributed by atoms with Gasteiger partial charge in [-0.05, 0) is 13.0 Å². The first-order chi connectivity index (χ1) is 6.32. The van der Waals surface area contributed by atoms with E-state index in [0.717, 1.165) is 12.3 Å². The summed E-state index contributed by atoms with van der Waals surface area (Å²) in [7, 11) is 0. The Morgan fingerprint density at radius 2 is 2.07 bits per heavy atom. The minimum Gasteiger partial charge on any atom is -0.324 e. The van der Waals surface area contributed by atoms with Crippen molar-refractivity contribution in [2.24, 2.45) is 5.73 Å². The molecule has 0 aliphatic carbocycles. The van der Waals surface area contributed by atoms with Gasteiger partial charge in [0.25, 0.3) is 0 Å². The standard InChI is InChI=1S/C8H8ClF3N2/c1-4(13)5-3-14-7(2-6(5)9)8(10,11)12/h2-4H,13H2,1H3. The fourth-order valence-corrected chi connectivity index (χ4v) is 1.26. The van der Waals surface area contributed by atoms with Gasteiger partial charge in [-0.25, -0.2) is 0 Å². The molecule has 0 aliphatic heterocycles. The third-order valence-electron chi connectivity index (χ3n) is 1.66. The van der Waals surface area contributed by atoms with Gasteiger partial charge in [0.15, 0.2) is 0 Å². The van der Waals surface area contributed by atoms with Crippen LogP contribution in [0.4, 0.5) is 13.2 Å². The van der Waals surface area contributed by atoms with Crippen LogP contribution >= 0.6 is 11.6 Å². The van der Waals surface area contributed by atoms with Gasteiger partial charge in [0.2, 0.25) is 0 Å². The van der Waals surface area contributed by atoms with Gasteiger partial charge in [0.1, 0.15) is 5.69 Å². The molecular formula is C8H8ClF3N2. The second-order valence-electron chi connectivity index (χ2n) is 2.88. The van der Waals surface area contributed by atoms with E-state index in [9.17, 15) is 13.2 Å². The maximum atomic E-state index is 12.1. The Labute approximate surface area is 83.9 Å². The van der Waals surface area contributed by atoms with E-state index in [-0.39, 0.29) is 5.02 Å². The number of alkyl halides is 3. The van der Waals surface area contributed by atoms with Crippen molar-refractivity contribution in [1.29, 1.82) is 0 Å². The smallest absolute Gasteiger partial charge is 0.324 e. The molecule has 6 heteroatoms. The highest BCUT2D eigenvalue weighted by Gasteiger charge is 2.33. The van der Waals surface area contributed by atoms with Crippen LogP contribution in [0, 0.1) is 0 Å². The average Bonchev–Trinajstić information content (AvgIpc) is 2.01. The van der Waals surface area contributed by atoms with Gasteiger partial charge < -0.3 is 5.73 Å². The second kappa shape index (κ2) is 3.74. The lowest BCUT2D eigenvalue weighted by Gasteiger charge is -2.10. The SMILES string of the molecule is CC(N)c1cnc(C(F)(F)F)cc1Cl. The second-order valence-corrected chi connectivity index (χ2v) is 3.28. The normalized spacial score (nSPS) is 14.1. The number of nitrogens with two attached hydrogens (primary N) is 1. The predicted octanol–water partition coefficient (Wildman–Crippen LogP) is 2.77. The van der Waals surface area contributed by atoms with E-state index in [4.69, 9.17) is 17.3 Å². The van der Waals surface area contributed by atoms with Gasteiger partial charge in [0, 0.05) is 22.8 Å². The minimum absolute atomic E-state index is 0.0117. The summed E-state index contributed by atoms with van der Waals surface area (Å²) in [4.78, 5) is 3.24. The Morgan fingerprint density at radius 3 is 2.43 bits per heavy atom. The van der Waals surface area contributed by atoms with E-state index in [1.165, 1.54) is 0 Å². The van der Waals surface area contributed by atoms with Gasteiger partial charge in [-0.3, -0.25) is 4.98 Å². The zero-order chi connectivity index (χ0) is 10.9. The predicted molar refractivity (Wildman–Crippen MR) is 46.9 cm³/mol. The molecule has 1 unspecified atom stereocenters. The number of hydrogen-bond donors (Lipinski definition) is 1. The molecule has 0 radical (unpaired) electrons. The molecule has 0 spiro atoms. The van der Waals surface area contributed by atoms with Crippen molar-refractivity contribution in [2.45, 2.75) is 19.1 Å². The highest BCUT2D eigenvalue weighted by atomic mass is 35.5. The molecule has 78 valence electrons. The van der Waals surface area contributed by atoms with E-state index in [0.29, 0.717) is 5.56 Å². The maximum absolute atomic E-state index is 12.1. The molecule has 1 rings (SSSR count). The zero-order valence-electron chi connectivity index (χ0n) is 7.27. The van der Waals surface area contributed by atoms with Crippen LogP contribution in [0.2, 0.25) is 5.02 Å². The van der Waals surface area contributed by atoms with Crippen molar-refractivity contribution < 1.29 is 13.2 Å². The van der Waals surface area contributed by atoms with Gasteiger partial charge in [0.05, 0.1) is 0 Å². The van der Waals surface area contributed by atoms with Gasteiger partial charge >= 0.3 is 6.18 Å². The van der Waals surface area contributed by atoms with E-state index in [2.05, 4.69) is 4.98 Å². The Morgan fingerprint density at radius 1 is 1.50 bits per heavy atom. The number of pyridine rings is 1. The van der Waals surface area contributed by atoms with Crippen molar-refractivity contribution in [3.8, 4) is 0 Å². The highest BCUT2D eigenvalue weighted by molar-refractivity contribution is 6.31. The lowest BCUT2D eigenvalue weighted by molar-refractivity contribution is -0.141. The monoisotopic (exact) mass is 224 g/mol. The summed E-state index contributed by atoms with van der Waals surface area (Å²) in [5.74, 6) is 0. The maximum Gasteiger partial charge on any atom is 0.433 e. The first kappa shape index (κ1) is 11.3. The van der Waals surface area contributed by atoms with Crippen LogP contribution in [-0.2, 0) is 6.18 Å². The molecule has 0 bridgehead atoms.